The van der Waals surface area contributed by atoms with Gasteiger partial charge in [0.15, 0.2) is 0 Å². The Morgan fingerprint density at radius 1 is 1.24 bits per heavy atom. The molecule has 0 saturated carbocycles. The molecule has 2 aromatic carbocycles. The van der Waals surface area contributed by atoms with Crippen molar-refractivity contribution in [2.45, 2.75) is 51.2 Å². The number of benzene rings is 2. The number of nitrogens with one attached hydrogen (secondary N) is 1. The quantitative estimate of drug-likeness (QED) is 0.642. The molecular formula is C22H24FNO5. The number of amides is 1. The lowest BCUT2D eigenvalue weighted by Crippen LogP contribution is -2.46. The van der Waals surface area contributed by atoms with E-state index in [1.54, 1.807) is 39.0 Å². The van der Waals surface area contributed by atoms with Crippen LogP contribution >= 0.6 is 0 Å². The summed E-state index contributed by atoms with van der Waals surface area (Å²) < 4.78 is 18.6. The van der Waals surface area contributed by atoms with Crippen LogP contribution in [-0.2, 0) is 21.6 Å². The predicted molar refractivity (Wildman–Crippen MR) is 105 cm³/mol. The highest BCUT2D eigenvalue weighted by atomic mass is 19.1. The van der Waals surface area contributed by atoms with Gasteiger partial charge in [0.25, 0.3) is 5.91 Å². The molecule has 0 aromatic heterocycles. The van der Waals surface area contributed by atoms with E-state index in [0.29, 0.717) is 22.4 Å². The summed E-state index contributed by atoms with van der Waals surface area (Å²) in [4.78, 5) is 24.4. The Hall–Kier alpha value is -2.93. The number of hydrogen-bond acceptors (Lipinski definition) is 5. The van der Waals surface area contributed by atoms with Crippen molar-refractivity contribution in [2.75, 3.05) is 5.32 Å². The minimum atomic E-state index is -1.76. The second kappa shape index (κ2) is 7.48. The summed E-state index contributed by atoms with van der Waals surface area (Å²) in [6.45, 7) is 5.28. The molecule has 1 atom stereocenters. The molecule has 0 spiro atoms. The minimum absolute atomic E-state index is 0.0358. The number of cyclic esters (lactones) is 1. The highest BCUT2D eigenvalue weighted by molar-refractivity contribution is 5.99. The first-order valence-electron chi connectivity index (χ1n) is 9.38. The minimum Gasteiger partial charge on any atom is -0.508 e. The Morgan fingerprint density at radius 3 is 2.66 bits per heavy atom. The zero-order chi connectivity index (χ0) is 21.4. The third-order valence-electron chi connectivity index (χ3n) is 5.37. The third kappa shape index (κ3) is 4.10. The zero-order valence-corrected chi connectivity index (χ0v) is 16.6. The Balaban J connectivity index is 1.82. The molecular weight excluding hydrogens is 377 g/mol. The van der Waals surface area contributed by atoms with Gasteiger partial charge in [-0.15, -0.1) is 0 Å². The van der Waals surface area contributed by atoms with Gasteiger partial charge in [-0.25, -0.2) is 9.18 Å². The lowest BCUT2D eigenvalue weighted by Gasteiger charge is -2.35. The number of phenolic OH excluding ortho intramolecular Hbond substituents is 1. The van der Waals surface area contributed by atoms with E-state index in [2.05, 4.69) is 5.32 Å². The van der Waals surface area contributed by atoms with Crippen molar-refractivity contribution in [3.8, 4) is 5.75 Å². The fourth-order valence-electron chi connectivity index (χ4n) is 3.70. The van der Waals surface area contributed by atoms with Gasteiger partial charge in [0.05, 0.1) is 5.56 Å². The van der Waals surface area contributed by atoms with Gasteiger partial charge in [-0.05, 0) is 54.7 Å². The Morgan fingerprint density at radius 2 is 1.97 bits per heavy atom. The van der Waals surface area contributed by atoms with Gasteiger partial charge >= 0.3 is 5.97 Å². The first-order chi connectivity index (χ1) is 13.6. The van der Waals surface area contributed by atoms with Gasteiger partial charge in [-0.1, -0.05) is 20.8 Å². The molecule has 0 aliphatic carbocycles. The largest absolute Gasteiger partial charge is 0.508 e. The second-order valence-electron chi connectivity index (χ2n) is 8.01. The number of anilines is 1. The molecule has 0 fully saturated rings. The average molecular weight is 401 g/mol. The van der Waals surface area contributed by atoms with Crippen LogP contribution in [0.1, 0.15) is 55.1 Å². The molecule has 3 N–H and O–H groups in total. The molecule has 3 rings (SSSR count). The molecule has 1 unspecified atom stereocenters. The molecule has 29 heavy (non-hydrogen) atoms. The molecule has 0 radical (unpaired) electrons. The van der Waals surface area contributed by atoms with Gasteiger partial charge in [-0.2, -0.15) is 0 Å². The highest BCUT2D eigenvalue weighted by Gasteiger charge is 2.41. The summed E-state index contributed by atoms with van der Waals surface area (Å²) in [5.74, 6) is -1.63. The number of carbonyl (C=O) groups excluding carboxylic acids is 2. The molecule has 2 aromatic rings. The summed E-state index contributed by atoms with van der Waals surface area (Å²) in [5, 5.41) is 23.9. The Kier molecular flexibility index (Phi) is 5.36. The maximum absolute atomic E-state index is 13.7. The number of halogens is 1. The van der Waals surface area contributed by atoms with Crippen LogP contribution < -0.4 is 5.32 Å². The normalized spacial score (nSPS) is 15.4. The van der Waals surface area contributed by atoms with Crippen LogP contribution in [0.3, 0.4) is 0 Å². The smallest absolute Gasteiger partial charge is 0.338 e. The maximum atomic E-state index is 13.7. The molecule has 6 nitrogen and oxygen atoms in total. The van der Waals surface area contributed by atoms with Crippen molar-refractivity contribution in [1.82, 2.24) is 0 Å². The number of aromatic hydroxyl groups is 1. The average Bonchev–Trinajstić information content (AvgIpc) is 3.03. The van der Waals surface area contributed by atoms with E-state index < -0.39 is 28.7 Å². The topological polar surface area (TPSA) is 95.9 Å². The number of fused-ring (bicyclic) bond motifs is 1. The molecule has 154 valence electrons. The van der Waals surface area contributed by atoms with Gasteiger partial charge in [-0.3, -0.25) is 4.79 Å². The molecule has 7 heteroatoms. The predicted octanol–water partition coefficient (Wildman–Crippen LogP) is 3.65. The maximum Gasteiger partial charge on any atom is 0.338 e. The lowest BCUT2D eigenvalue weighted by molar-refractivity contribution is -0.136. The van der Waals surface area contributed by atoms with E-state index in [9.17, 15) is 24.2 Å². The van der Waals surface area contributed by atoms with Gasteiger partial charge < -0.3 is 20.3 Å². The first-order valence-corrected chi connectivity index (χ1v) is 9.38. The van der Waals surface area contributed by atoms with Crippen molar-refractivity contribution >= 4 is 17.6 Å². The van der Waals surface area contributed by atoms with Crippen LogP contribution in [0.15, 0.2) is 36.4 Å². The SMILES string of the molecule is CCC(O)(CC(C)(C)c1cc(F)ccc1O)C(=O)Nc1ccc2c(c1)COC2=O. The van der Waals surface area contributed by atoms with E-state index in [4.69, 9.17) is 4.74 Å². The number of carbonyl (C=O) groups is 2. The van der Waals surface area contributed by atoms with Crippen molar-refractivity contribution < 1.29 is 28.9 Å². The fourth-order valence-corrected chi connectivity index (χ4v) is 3.70. The summed E-state index contributed by atoms with van der Waals surface area (Å²) in [5.41, 5.74) is -0.773. The standard InChI is InChI=1S/C22H24FNO5/c1-4-22(28,12-21(2,3)17-10-14(23)5-8-18(17)25)20(27)24-15-6-7-16-13(9-15)11-29-19(16)26/h5-10,25,28H,4,11-12H2,1-3H3,(H,24,27). The Bertz CT molecular complexity index is 972. The van der Waals surface area contributed by atoms with Crippen LogP contribution in [0.5, 0.6) is 5.75 Å². The molecule has 1 amide bonds. The van der Waals surface area contributed by atoms with Gasteiger partial charge in [0, 0.05) is 16.8 Å². The first kappa shape index (κ1) is 20.8. The highest BCUT2D eigenvalue weighted by Crippen LogP contribution is 2.39. The van der Waals surface area contributed by atoms with Crippen LogP contribution in [0.4, 0.5) is 10.1 Å². The van der Waals surface area contributed by atoms with Crippen LogP contribution in [-0.4, -0.2) is 27.7 Å². The van der Waals surface area contributed by atoms with Gasteiger partial charge in [0.1, 0.15) is 23.8 Å². The van der Waals surface area contributed by atoms with Crippen molar-refractivity contribution in [3.05, 3.63) is 58.9 Å². The van der Waals surface area contributed by atoms with E-state index in [0.717, 1.165) is 6.07 Å². The van der Waals surface area contributed by atoms with Crippen LogP contribution in [0.25, 0.3) is 0 Å². The summed E-state index contributed by atoms with van der Waals surface area (Å²) in [7, 11) is 0. The number of hydrogen-bond donors (Lipinski definition) is 3. The third-order valence-corrected chi connectivity index (χ3v) is 5.37. The molecule has 0 bridgehead atoms. The van der Waals surface area contributed by atoms with E-state index >= 15 is 0 Å². The van der Waals surface area contributed by atoms with Crippen molar-refractivity contribution in [1.29, 1.82) is 0 Å². The molecule has 0 saturated heterocycles. The fraction of sp³-hybridized carbons (Fsp3) is 0.364. The summed E-state index contributed by atoms with van der Waals surface area (Å²) >= 11 is 0. The second-order valence-corrected chi connectivity index (χ2v) is 8.01. The van der Waals surface area contributed by atoms with E-state index in [-0.39, 0.29) is 25.2 Å². The zero-order valence-electron chi connectivity index (χ0n) is 16.6. The number of phenols is 1. The number of rotatable bonds is 6. The number of ether oxygens (including phenoxy) is 1. The molecule has 1 aliphatic rings. The summed E-state index contributed by atoms with van der Waals surface area (Å²) in [6, 6.07) is 8.39. The molecule has 1 aliphatic heterocycles. The monoisotopic (exact) mass is 401 g/mol. The van der Waals surface area contributed by atoms with Crippen LogP contribution in [0, 0.1) is 5.82 Å². The van der Waals surface area contributed by atoms with Crippen molar-refractivity contribution in [3.63, 3.8) is 0 Å². The summed E-state index contributed by atoms with van der Waals surface area (Å²) in [6.07, 6.45) is 0.0801. The van der Waals surface area contributed by atoms with Gasteiger partial charge in [0.2, 0.25) is 0 Å². The molecule has 1 heterocycles. The number of esters is 1. The van der Waals surface area contributed by atoms with Crippen LogP contribution in [0.2, 0.25) is 0 Å². The number of aliphatic hydroxyl groups is 1. The Labute approximate surface area is 168 Å². The lowest BCUT2D eigenvalue weighted by atomic mass is 9.73. The van der Waals surface area contributed by atoms with Crippen molar-refractivity contribution in [2.24, 2.45) is 0 Å². The van der Waals surface area contributed by atoms with E-state index in [1.165, 1.54) is 12.1 Å². The van der Waals surface area contributed by atoms with E-state index in [1.807, 2.05) is 0 Å².